The standard InChI is InChI=1S/C19H24N2/c1-16-14-17-8-5-6-11-19(17)21(15-16)13-7-12-20-18-9-3-2-4-10-18/h2-6,8-11,16,20H,7,12-15H2,1H3. The number of anilines is 2. The van der Waals surface area contributed by atoms with Crippen LogP contribution in [-0.4, -0.2) is 19.6 Å². The molecule has 1 N–H and O–H groups in total. The largest absolute Gasteiger partial charge is 0.385 e. The Bertz CT molecular complexity index is 565. The van der Waals surface area contributed by atoms with Gasteiger partial charge in [0.15, 0.2) is 0 Å². The molecule has 0 radical (unpaired) electrons. The Kier molecular flexibility index (Phi) is 4.44. The van der Waals surface area contributed by atoms with Crippen LogP contribution in [0.5, 0.6) is 0 Å². The summed E-state index contributed by atoms with van der Waals surface area (Å²) in [4.78, 5) is 2.55. The Labute approximate surface area is 127 Å². The zero-order valence-electron chi connectivity index (χ0n) is 12.8. The Morgan fingerprint density at radius 1 is 1.05 bits per heavy atom. The molecule has 2 aromatic rings. The second kappa shape index (κ2) is 6.66. The molecule has 1 aliphatic heterocycles. The third-order valence-corrected chi connectivity index (χ3v) is 4.14. The number of nitrogens with zero attached hydrogens (tertiary/aromatic N) is 1. The van der Waals surface area contributed by atoms with E-state index in [0.29, 0.717) is 0 Å². The number of nitrogens with one attached hydrogen (secondary N) is 1. The van der Waals surface area contributed by atoms with Gasteiger partial charge in [-0.2, -0.15) is 0 Å². The predicted octanol–water partition coefficient (Wildman–Crippen LogP) is 4.19. The Balaban J connectivity index is 1.54. The Morgan fingerprint density at radius 3 is 2.67 bits per heavy atom. The fourth-order valence-electron chi connectivity index (χ4n) is 3.18. The van der Waals surface area contributed by atoms with E-state index in [1.807, 2.05) is 0 Å². The quantitative estimate of drug-likeness (QED) is 0.826. The van der Waals surface area contributed by atoms with Crippen LogP contribution in [0.1, 0.15) is 18.9 Å². The lowest BCUT2D eigenvalue weighted by Crippen LogP contribution is -2.35. The SMILES string of the molecule is CC1Cc2ccccc2N(CCCNc2ccccc2)C1. The molecule has 0 amide bonds. The molecule has 1 atom stereocenters. The van der Waals surface area contributed by atoms with Crippen molar-refractivity contribution in [2.75, 3.05) is 29.9 Å². The molecule has 1 unspecified atom stereocenters. The second-order valence-corrected chi connectivity index (χ2v) is 6.03. The van der Waals surface area contributed by atoms with Crippen LogP contribution in [0.3, 0.4) is 0 Å². The minimum Gasteiger partial charge on any atom is -0.385 e. The highest BCUT2D eigenvalue weighted by molar-refractivity contribution is 5.55. The van der Waals surface area contributed by atoms with Gasteiger partial charge in [0.25, 0.3) is 0 Å². The van der Waals surface area contributed by atoms with Crippen LogP contribution in [0.2, 0.25) is 0 Å². The van der Waals surface area contributed by atoms with Crippen molar-refractivity contribution in [1.29, 1.82) is 0 Å². The first-order valence-corrected chi connectivity index (χ1v) is 7.95. The smallest absolute Gasteiger partial charge is 0.0398 e. The van der Waals surface area contributed by atoms with Gasteiger partial charge < -0.3 is 10.2 Å². The summed E-state index contributed by atoms with van der Waals surface area (Å²) in [7, 11) is 0. The normalized spacial score (nSPS) is 17.4. The van der Waals surface area contributed by atoms with Gasteiger partial charge in [-0.25, -0.2) is 0 Å². The van der Waals surface area contributed by atoms with E-state index < -0.39 is 0 Å². The van der Waals surface area contributed by atoms with Crippen LogP contribution in [0.25, 0.3) is 0 Å². The highest BCUT2D eigenvalue weighted by atomic mass is 15.1. The topological polar surface area (TPSA) is 15.3 Å². The molecular weight excluding hydrogens is 256 g/mol. The highest BCUT2D eigenvalue weighted by Gasteiger charge is 2.20. The summed E-state index contributed by atoms with van der Waals surface area (Å²) in [5, 5.41) is 3.49. The molecule has 2 aromatic carbocycles. The van der Waals surface area contributed by atoms with Crippen molar-refractivity contribution in [3.8, 4) is 0 Å². The summed E-state index contributed by atoms with van der Waals surface area (Å²) < 4.78 is 0. The number of hydrogen-bond donors (Lipinski definition) is 1. The van der Waals surface area contributed by atoms with E-state index >= 15 is 0 Å². The Morgan fingerprint density at radius 2 is 1.81 bits per heavy atom. The molecule has 1 aliphatic rings. The van der Waals surface area contributed by atoms with Crippen molar-refractivity contribution in [1.82, 2.24) is 0 Å². The first-order valence-electron chi connectivity index (χ1n) is 7.95. The zero-order chi connectivity index (χ0) is 14.5. The number of hydrogen-bond acceptors (Lipinski definition) is 2. The Hall–Kier alpha value is -1.96. The van der Waals surface area contributed by atoms with Crippen molar-refractivity contribution < 1.29 is 0 Å². The summed E-state index contributed by atoms with van der Waals surface area (Å²) in [6, 6.07) is 19.3. The minimum absolute atomic E-state index is 0.752. The van der Waals surface area contributed by atoms with E-state index in [1.165, 1.54) is 29.9 Å². The molecule has 0 fully saturated rings. The van der Waals surface area contributed by atoms with Gasteiger partial charge in [-0.15, -0.1) is 0 Å². The summed E-state index contributed by atoms with van der Waals surface area (Å²) in [6.45, 7) is 5.69. The fraction of sp³-hybridized carbons (Fsp3) is 0.368. The molecule has 21 heavy (non-hydrogen) atoms. The molecule has 2 heteroatoms. The van der Waals surface area contributed by atoms with Gasteiger partial charge in [-0.1, -0.05) is 43.3 Å². The zero-order valence-corrected chi connectivity index (χ0v) is 12.8. The van der Waals surface area contributed by atoms with E-state index in [4.69, 9.17) is 0 Å². The number of para-hydroxylation sites is 2. The molecule has 0 aromatic heterocycles. The summed E-state index contributed by atoms with van der Waals surface area (Å²) in [5.41, 5.74) is 4.16. The molecule has 0 saturated carbocycles. The molecule has 0 bridgehead atoms. The number of rotatable bonds is 5. The first-order chi connectivity index (χ1) is 10.3. The molecule has 2 nitrogen and oxygen atoms in total. The maximum absolute atomic E-state index is 3.49. The van der Waals surface area contributed by atoms with Crippen molar-refractivity contribution in [3.63, 3.8) is 0 Å². The van der Waals surface area contributed by atoms with Crippen molar-refractivity contribution in [2.24, 2.45) is 5.92 Å². The highest BCUT2D eigenvalue weighted by Crippen LogP contribution is 2.29. The van der Waals surface area contributed by atoms with E-state index in [-0.39, 0.29) is 0 Å². The van der Waals surface area contributed by atoms with Gasteiger partial charge in [-0.3, -0.25) is 0 Å². The monoisotopic (exact) mass is 280 g/mol. The number of benzene rings is 2. The molecule has 0 aliphatic carbocycles. The van der Waals surface area contributed by atoms with Crippen LogP contribution in [0, 0.1) is 5.92 Å². The molecule has 0 spiro atoms. The lowest BCUT2D eigenvalue weighted by atomic mass is 9.94. The number of fused-ring (bicyclic) bond motifs is 1. The van der Waals surface area contributed by atoms with Crippen molar-refractivity contribution in [2.45, 2.75) is 19.8 Å². The van der Waals surface area contributed by atoms with Crippen molar-refractivity contribution in [3.05, 3.63) is 60.2 Å². The van der Waals surface area contributed by atoms with Gasteiger partial charge >= 0.3 is 0 Å². The van der Waals surface area contributed by atoms with E-state index in [1.54, 1.807) is 0 Å². The predicted molar refractivity (Wildman–Crippen MR) is 91.1 cm³/mol. The van der Waals surface area contributed by atoms with Gasteiger partial charge in [0, 0.05) is 31.0 Å². The van der Waals surface area contributed by atoms with Crippen molar-refractivity contribution >= 4 is 11.4 Å². The van der Waals surface area contributed by atoms with Gasteiger partial charge in [0.1, 0.15) is 0 Å². The molecule has 3 rings (SSSR count). The van der Waals surface area contributed by atoms with Crippen LogP contribution < -0.4 is 10.2 Å². The molecule has 1 heterocycles. The molecular formula is C19H24N2. The molecule has 0 saturated heterocycles. The third kappa shape index (κ3) is 3.57. The average molecular weight is 280 g/mol. The van der Waals surface area contributed by atoms with Gasteiger partial charge in [-0.05, 0) is 42.5 Å². The second-order valence-electron chi connectivity index (χ2n) is 6.03. The summed E-state index contributed by atoms with van der Waals surface area (Å²) >= 11 is 0. The lowest BCUT2D eigenvalue weighted by molar-refractivity contribution is 0.528. The lowest BCUT2D eigenvalue weighted by Gasteiger charge is -2.35. The van der Waals surface area contributed by atoms with Crippen LogP contribution in [0.4, 0.5) is 11.4 Å². The van der Waals surface area contributed by atoms with Gasteiger partial charge in [0.05, 0.1) is 0 Å². The maximum atomic E-state index is 3.49. The third-order valence-electron chi connectivity index (χ3n) is 4.14. The van der Waals surface area contributed by atoms with E-state index in [9.17, 15) is 0 Å². The van der Waals surface area contributed by atoms with Gasteiger partial charge in [0.2, 0.25) is 0 Å². The molecule has 110 valence electrons. The first kappa shape index (κ1) is 14.0. The average Bonchev–Trinajstić information content (AvgIpc) is 2.52. The van der Waals surface area contributed by atoms with E-state index in [0.717, 1.165) is 25.4 Å². The minimum atomic E-state index is 0.752. The van der Waals surface area contributed by atoms with Crippen LogP contribution >= 0.6 is 0 Å². The van der Waals surface area contributed by atoms with Crippen LogP contribution in [0.15, 0.2) is 54.6 Å². The fourth-order valence-corrected chi connectivity index (χ4v) is 3.18. The van der Waals surface area contributed by atoms with E-state index in [2.05, 4.69) is 71.7 Å². The maximum Gasteiger partial charge on any atom is 0.0398 e. The summed E-state index contributed by atoms with van der Waals surface area (Å²) in [6.07, 6.45) is 2.38. The summed E-state index contributed by atoms with van der Waals surface area (Å²) in [5.74, 6) is 0.752. The van der Waals surface area contributed by atoms with Crippen LogP contribution in [-0.2, 0) is 6.42 Å².